The summed E-state index contributed by atoms with van der Waals surface area (Å²) in [7, 11) is 0. The molecule has 1 unspecified atom stereocenters. The fourth-order valence-corrected chi connectivity index (χ4v) is 1.97. The zero-order valence-electron chi connectivity index (χ0n) is 16.4. The lowest BCUT2D eigenvalue weighted by Crippen LogP contribution is -2.23. The van der Waals surface area contributed by atoms with Crippen molar-refractivity contribution in [3.8, 4) is 0 Å². The molecule has 1 atom stereocenters. The predicted octanol–water partition coefficient (Wildman–Crippen LogP) is 1.95. The van der Waals surface area contributed by atoms with Crippen molar-refractivity contribution in [3.63, 3.8) is 0 Å². The molecule has 0 saturated carbocycles. The van der Waals surface area contributed by atoms with Crippen LogP contribution in [0.1, 0.15) is 49.4 Å². The predicted molar refractivity (Wildman–Crippen MR) is 85.7 cm³/mol. The highest BCUT2D eigenvalue weighted by atomic mass is 16.5. The van der Waals surface area contributed by atoms with E-state index in [2.05, 4.69) is 0 Å². The molecular weight excluding hydrogens is 268 g/mol. The van der Waals surface area contributed by atoms with Crippen LogP contribution in [0.4, 0.5) is 0 Å². The third-order valence-electron chi connectivity index (χ3n) is 2.67. The van der Waals surface area contributed by atoms with Gasteiger partial charge in [-0.25, -0.2) is 0 Å². The number of aryl methyl sites for hydroxylation is 1. The van der Waals surface area contributed by atoms with Crippen molar-refractivity contribution in [2.45, 2.75) is 47.4 Å². The lowest BCUT2D eigenvalue weighted by Gasteiger charge is -2.23. The van der Waals surface area contributed by atoms with Gasteiger partial charge in [0.2, 0.25) is 0 Å². The average Bonchev–Trinajstić information content (AvgIpc) is 2.41. The lowest BCUT2D eigenvalue weighted by molar-refractivity contribution is 0.160. The van der Waals surface area contributed by atoms with Gasteiger partial charge >= 0.3 is 0 Å². The van der Waals surface area contributed by atoms with Crippen molar-refractivity contribution in [1.82, 2.24) is 4.73 Å². The summed E-state index contributed by atoms with van der Waals surface area (Å²) in [5.74, 6) is -0.595. The van der Waals surface area contributed by atoms with E-state index in [1.807, 2.05) is 20.8 Å². The minimum atomic E-state index is -2.12. The molecule has 4 N–H and O–H groups in total. The van der Waals surface area contributed by atoms with Gasteiger partial charge in [0.15, 0.2) is 0 Å². The molecule has 0 radical (unpaired) electrons. The molecule has 5 nitrogen and oxygen atoms in total. The number of aliphatic hydroxyl groups is 1. The van der Waals surface area contributed by atoms with E-state index in [4.69, 9.17) is 15.0 Å². The van der Waals surface area contributed by atoms with Crippen molar-refractivity contribution in [2.24, 2.45) is 17.1 Å². The minimum absolute atomic E-state index is 0.0972. The summed E-state index contributed by atoms with van der Waals surface area (Å²) in [4.78, 5) is 11.5. The molecule has 1 heterocycles. The Hall–Kier alpha value is -1.33. The van der Waals surface area contributed by atoms with Crippen molar-refractivity contribution < 1.29 is 14.4 Å². The highest BCUT2D eigenvalue weighted by molar-refractivity contribution is 5.15. The first-order valence-corrected chi connectivity index (χ1v) is 7.04. The maximum Gasteiger partial charge on any atom is 0.283 e. The van der Waals surface area contributed by atoms with Gasteiger partial charge in [-0.05, 0) is 42.7 Å². The minimum Gasteiger partial charge on any atom is -0.425 e. The molecular formula is C16H30N2O3. The van der Waals surface area contributed by atoms with Crippen molar-refractivity contribution in [1.29, 1.82) is 0 Å². The normalized spacial score (nSPS) is 15.2. The van der Waals surface area contributed by atoms with E-state index >= 15 is 0 Å². The number of nitrogens with two attached hydrogens (primary N) is 1. The first kappa shape index (κ1) is 14.6. The smallest absolute Gasteiger partial charge is 0.283 e. The van der Waals surface area contributed by atoms with E-state index in [-0.39, 0.29) is 18.4 Å². The Balaban J connectivity index is 0.00000118. The van der Waals surface area contributed by atoms with Gasteiger partial charge in [0, 0.05) is 16.7 Å². The van der Waals surface area contributed by atoms with E-state index in [0.717, 1.165) is 5.56 Å². The van der Waals surface area contributed by atoms with Gasteiger partial charge in [0.05, 0.1) is 12.3 Å². The molecule has 0 amide bonds. The van der Waals surface area contributed by atoms with Gasteiger partial charge in [0.1, 0.15) is 0 Å². The summed E-state index contributed by atoms with van der Waals surface area (Å²) in [5.41, 5.74) is 5.18. The molecule has 0 aliphatic rings. The molecule has 122 valence electrons. The van der Waals surface area contributed by atoms with Crippen LogP contribution < -0.4 is 11.3 Å². The van der Waals surface area contributed by atoms with E-state index < -0.39 is 18.3 Å². The van der Waals surface area contributed by atoms with Crippen LogP contribution in [0.15, 0.2) is 16.9 Å². The Morgan fingerprint density at radius 1 is 1.43 bits per heavy atom. The summed E-state index contributed by atoms with van der Waals surface area (Å²) in [6.45, 7) is 6.04. The largest absolute Gasteiger partial charge is 0.425 e. The van der Waals surface area contributed by atoms with Crippen molar-refractivity contribution in [2.75, 3.05) is 13.2 Å². The number of aromatic nitrogens is 1. The van der Waals surface area contributed by atoms with Crippen molar-refractivity contribution in [3.05, 3.63) is 33.7 Å². The third kappa shape index (κ3) is 8.52. The molecule has 5 heteroatoms. The van der Waals surface area contributed by atoms with E-state index in [9.17, 15) is 10.0 Å². The summed E-state index contributed by atoms with van der Waals surface area (Å²) in [5, 5.41) is 17.5. The first-order chi connectivity index (χ1) is 10.8. The Kier molecular flexibility index (Phi) is 6.15. The molecule has 0 spiro atoms. The Bertz CT molecular complexity index is 561. The quantitative estimate of drug-likeness (QED) is 0.742. The summed E-state index contributed by atoms with van der Waals surface area (Å²) >= 11 is 0. The van der Waals surface area contributed by atoms with Gasteiger partial charge in [-0.1, -0.05) is 27.6 Å². The molecule has 21 heavy (non-hydrogen) atoms. The van der Waals surface area contributed by atoms with Crippen LogP contribution in [-0.2, 0) is 6.42 Å². The highest BCUT2D eigenvalue weighted by Gasteiger charge is 2.17. The van der Waals surface area contributed by atoms with Crippen LogP contribution >= 0.6 is 0 Å². The molecule has 0 bridgehead atoms. The second kappa shape index (κ2) is 8.85. The van der Waals surface area contributed by atoms with E-state index in [0.29, 0.717) is 23.4 Å². The molecule has 1 aromatic heterocycles. The molecule has 0 aromatic carbocycles. The second-order valence-corrected chi connectivity index (χ2v) is 6.35. The molecule has 0 fully saturated rings. The standard InChI is InChI=1S/C14H23NO2.C2H7NO/c1-10-6-12(15(17)13(16)8-10)7-11(2)9-14(3,4)5;3-1-2-4/h6,8,11,17H,7,9H2,1-5H3;4H,1-3H2/i2D3;. The van der Waals surface area contributed by atoms with Crippen LogP contribution in [0.3, 0.4) is 0 Å². The van der Waals surface area contributed by atoms with Crippen LogP contribution in [0.5, 0.6) is 0 Å². The topological polar surface area (TPSA) is 88.5 Å². The Morgan fingerprint density at radius 3 is 2.43 bits per heavy atom. The Labute approximate surface area is 131 Å². The summed E-state index contributed by atoms with van der Waals surface area (Å²) < 4.78 is 23.5. The molecule has 0 saturated heterocycles. The molecule has 0 aliphatic heterocycles. The van der Waals surface area contributed by atoms with E-state index in [1.54, 1.807) is 13.0 Å². The molecule has 1 rings (SSSR count). The molecule has 0 aliphatic carbocycles. The number of rotatable bonds is 4. The van der Waals surface area contributed by atoms with Gasteiger partial charge < -0.3 is 16.0 Å². The van der Waals surface area contributed by atoms with Crippen LogP contribution in [-0.4, -0.2) is 28.2 Å². The van der Waals surface area contributed by atoms with Gasteiger partial charge in [-0.15, -0.1) is 0 Å². The highest BCUT2D eigenvalue weighted by Crippen LogP contribution is 2.26. The lowest BCUT2D eigenvalue weighted by atomic mass is 9.83. The average molecular weight is 301 g/mol. The maximum absolute atomic E-state index is 11.5. The summed E-state index contributed by atoms with van der Waals surface area (Å²) in [6, 6.07) is 2.97. The van der Waals surface area contributed by atoms with Crippen LogP contribution in [0.2, 0.25) is 0 Å². The Morgan fingerprint density at radius 2 is 2.00 bits per heavy atom. The fourth-order valence-electron chi connectivity index (χ4n) is 1.97. The second-order valence-electron chi connectivity index (χ2n) is 6.35. The number of aliphatic hydroxyl groups excluding tert-OH is 1. The SMILES string of the molecule is NCCO.[2H]C([2H])([2H])C(Cc1cc(C)cc(=O)n1O)CC(C)(C)C. The van der Waals surface area contributed by atoms with Gasteiger partial charge in [-0.3, -0.25) is 4.79 Å². The van der Waals surface area contributed by atoms with Gasteiger partial charge in [-0.2, -0.15) is 4.73 Å². The number of hydrogen-bond donors (Lipinski definition) is 3. The number of nitrogens with zero attached hydrogens (tertiary/aromatic N) is 1. The van der Waals surface area contributed by atoms with E-state index in [1.165, 1.54) is 6.07 Å². The van der Waals surface area contributed by atoms with Gasteiger partial charge in [0.25, 0.3) is 5.56 Å². The van der Waals surface area contributed by atoms with Crippen molar-refractivity contribution >= 4 is 0 Å². The number of hydrogen-bond acceptors (Lipinski definition) is 4. The molecule has 1 aromatic rings. The zero-order chi connectivity index (χ0) is 19.1. The first-order valence-electron chi connectivity index (χ1n) is 8.54. The monoisotopic (exact) mass is 301 g/mol. The van der Waals surface area contributed by atoms with Crippen LogP contribution in [0, 0.1) is 18.3 Å². The number of pyridine rings is 1. The van der Waals surface area contributed by atoms with Crippen LogP contribution in [0.25, 0.3) is 0 Å². The summed E-state index contributed by atoms with van der Waals surface area (Å²) in [6.07, 6.45) is 0.646. The zero-order valence-corrected chi connectivity index (χ0v) is 13.4. The third-order valence-corrected chi connectivity index (χ3v) is 2.67. The fraction of sp³-hybridized carbons (Fsp3) is 0.688. The maximum atomic E-state index is 11.5.